The number of nitrogens with zero attached hydrogens (tertiary/aromatic N) is 3. The van der Waals surface area contributed by atoms with Crippen molar-refractivity contribution < 1.29 is 24.2 Å². The van der Waals surface area contributed by atoms with Crippen molar-refractivity contribution in [2.75, 3.05) is 12.4 Å². The summed E-state index contributed by atoms with van der Waals surface area (Å²) in [6.07, 6.45) is 5.80. The van der Waals surface area contributed by atoms with E-state index in [-0.39, 0.29) is 17.1 Å². The number of anilines is 1. The van der Waals surface area contributed by atoms with Crippen LogP contribution in [0.15, 0.2) is 71.8 Å². The number of hydrogen-bond acceptors (Lipinski definition) is 6. The van der Waals surface area contributed by atoms with Gasteiger partial charge in [-0.3, -0.25) is 23.6 Å². The number of carbonyl (C=O) groups is 3. The summed E-state index contributed by atoms with van der Waals surface area (Å²) in [6.45, 7) is 1.43. The van der Waals surface area contributed by atoms with E-state index in [1.165, 1.54) is 55.1 Å². The van der Waals surface area contributed by atoms with Crippen LogP contribution < -0.4 is 15.6 Å². The third kappa shape index (κ3) is 4.77. The van der Waals surface area contributed by atoms with Crippen LogP contribution in [-0.2, 0) is 10.3 Å². The highest BCUT2D eigenvalue weighted by Crippen LogP contribution is 2.57. The Bertz CT molecular complexity index is 1810. The van der Waals surface area contributed by atoms with Crippen molar-refractivity contribution in [3.05, 3.63) is 99.2 Å². The number of ether oxygens (including phenoxy) is 1. The molecule has 0 spiro atoms. The fourth-order valence-electron chi connectivity index (χ4n) is 5.49. The maximum absolute atomic E-state index is 14.0. The Labute approximate surface area is 245 Å². The van der Waals surface area contributed by atoms with E-state index >= 15 is 0 Å². The Kier molecular flexibility index (Phi) is 6.73. The number of rotatable bonds is 9. The van der Waals surface area contributed by atoms with Gasteiger partial charge < -0.3 is 15.2 Å². The monoisotopic (exact) mass is 586 g/mol. The Morgan fingerprint density at radius 3 is 2.45 bits per heavy atom. The minimum absolute atomic E-state index is 0.0834. The number of hydrogen-bond donors (Lipinski definition) is 2. The number of pyridine rings is 1. The Balaban J connectivity index is 1.44. The molecule has 6 rings (SSSR count). The predicted molar refractivity (Wildman–Crippen MR) is 156 cm³/mol. The van der Waals surface area contributed by atoms with Crippen LogP contribution in [0.2, 0.25) is 5.02 Å². The van der Waals surface area contributed by atoms with Crippen molar-refractivity contribution in [2.45, 2.75) is 43.7 Å². The van der Waals surface area contributed by atoms with Crippen molar-refractivity contribution in [3.63, 3.8) is 0 Å². The molecule has 2 N–H and O–H groups in total. The van der Waals surface area contributed by atoms with Crippen LogP contribution in [0.1, 0.15) is 64.6 Å². The van der Waals surface area contributed by atoms with Crippen LogP contribution in [0.3, 0.4) is 0 Å². The van der Waals surface area contributed by atoms with E-state index in [4.69, 9.17) is 21.4 Å². The molecule has 2 aromatic carbocycles. The molecule has 2 heterocycles. The van der Waals surface area contributed by atoms with Gasteiger partial charge in [0.05, 0.1) is 30.6 Å². The smallest absolute Gasteiger partial charge is 0.335 e. The second-order valence-electron chi connectivity index (χ2n) is 10.7. The largest absolute Gasteiger partial charge is 0.495 e. The Morgan fingerprint density at radius 1 is 1.07 bits per heavy atom. The minimum atomic E-state index is -1.32. The van der Waals surface area contributed by atoms with E-state index in [0.29, 0.717) is 45.6 Å². The van der Waals surface area contributed by atoms with E-state index in [1.54, 1.807) is 18.2 Å². The van der Waals surface area contributed by atoms with E-state index in [9.17, 15) is 24.3 Å². The maximum atomic E-state index is 14.0. The lowest BCUT2D eigenvalue weighted by Gasteiger charge is -2.22. The van der Waals surface area contributed by atoms with Crippen molar-refractivity contribution in [1.82, 2.24) is 14.3 Å². The lowest BCUT2D eigenvalue weighted by molar-refractivity contribution is -0.120. The third-order valence-electron chi connectivity index (χ3n) is 7.94. The zero-order valence-electron chi connectivity index (χ0n) is 22.8. The number of halogens is 1. The average molecular weight is 587 g/mol. The van der Waals surface area contributed by atoms with Gasteiger partial charge in [-0.2, -0.15) is 5.10 Å². The number of aromatic carboxylic acids is 1. The van der Waals surface area contributed by atoms with Gasteiger partial charge in [0.25, 0.3) is 11.5 Å². The van der Waals surface area contributed by atoms with E-state index < -0.39 is 28.9 Å². The number of carbonyl (C=O) groups excluding carboxylic acids is 2. The maximum Gasteiger partial charge on any atom is 0.335 e. The molecule has 0 bridgehead atoms. The fourth-order valence-corrected chi connectivity index (χ4v) is 5.66. The molecule has 11 heteroatoms. The summed E-state index contributed by atoms with van der Waals surface area (Å²) < 4.78 is 8.96. The molecule has 10 nitrogen and oxygen atoms in total. The van der Waals surface area contributed by atoms with Crippen LogP contribution in [0.4, 0.5) is 5.69 Å². The second kappa shape index (κ2) is 10.3. The third-order valence-corrected chi connectivity index (χ3v) is 8.17. The summed E-state index contributed by atoms with van der Waals surface area (Å²) in [4.78, 5) is 51.5. The number of carboxylic acids is 1. The summed E-state index contributed by atoms with van der Waals surface area (Å²) in [6, 6.07) is 14.2. The van der Waals surface area contributed by atoms with Gasteiger partial charge in [-0.15, -0.1) is 0 Å². The van der Waals surface area contributed by atoms with Crippen LogP contribution in [0, 0.1) is 0 Å². The van der Waals surface area contributed by atoms with Crippen molar-refractivity contribution in [3.8, 4) is 16.9 Å². The zero-order valence-corrected chi connectivity index (χ0v) is 23.6. The minimum Gasteiger partial charge on any atom is -0.495 e. The SMILES string of the molecule is COc1cn([C@]2(C(=O)Nc3ccc(C(=O)O)cc3)CC2c2ccn(C3CC3)n2)c(=O)cc1-c1cc(Cl)ccc1C(C)=O. The molecule has 0 saturated heterocycles. The van der Waals surface area contributed by atoms with Crippen LogP contribution in [0.25, 0.3) is 11.1 Å². The highest BCUT2D eigenvalue weighted by molar-refractivity contribution is 6.31. The van der Waals surface area contributed by atoms with E-state index in [2.05, 4.69) is 5.32 Å². The number of Topliss-reactive ketones (excluding diaryl/α,β-unsaturated/α-hetero) is 1. The predicted octanol–water partition coefficient (Wildman–Crippen LogP) is 5.13. The number of ketones is 1. The Morgan fingerprint density at radius 2 is 1.81 bits per heavy atom. The molecule has 0 radical (unpaired) electrons. The molecule has 2 saturated carbocycles. The molecule has 2 fully saturated rings. The summed E-state index contributed by atoms with van der Waals surface area (Å²) in [5.41, 5.74) is 0.574. The van der Waals surface area contributed by atoms with Gasteiger partial charge in [0, 0.05) is 40.0 Å². The van der Waals surface area contributed by atoms with E-state index in [0.717, 1.165) is 12.8 Å². The Hall–Kier alpha value is -4.70. The molecule has 42 heavy (non-hydrogen) atoms. The molecule has 4 aromatic rings. The molecule has 214 valence electrons. The molecule has 2 aromatic heterocycles. The molecule has 1 unspecified atom stereocenters. The van der Waals surface area contributed by atoms with Gasteiger partial charge in [0.2, 0.25) is 0 Å². The number of benzene rings is 2. The van der Waals surface area contributed by atoms with Crippen LogP contribution in [-0.4, -0.2) is 44.2 Å². The molecule has 2 aliphatic carbocycles. The first kappa shape index (κ1) is 27.5. The second-order valence-corrected chi connectivity index (χ2v) is 11.1. The molecular weight excluding hydrogens is 560 g/mol. The number of aromatic nitrogens is 3. The van der Waals surface area contributed by atoms with Gasteiger partial charge in [-0.05, 0) is 80.3 Å². The lowest BCUT2D eigenvalue weighted by Crippen LogP contribution is -2.41. The summed E-state index contributed by atoms with van der Waals surface area (Å²) in [5.74, 6) is -1.84. The van der Waals surface area contributed by atoms with E-state index in [1.807, 2.05) is 16.9 Å². The molecule has 1 amide bonds. The fraction of sp³-hybridized carbons (Fsp3) is 0.258. The van der Waals surface area contributed by atoms with Gasteiger partial charge in [-0.1, -0.05) is 11.6 Å². The molecular formula is C31H27ClN4O6. The van der Waals surface area contributed by atoms with Gasteiger partial charge in [-0.25, -0.2) is 4.79 Å². The lowest BCUT2D eigenvalue weighted by atomic mass is 9.97. The first-order valence-corrected chi connectivity index (χ1v) is 13.8. The average Bonchev–Trinajstić information content (AvgIpc) is 3.90. The van der Waals surface area contributed by atoms with Crippen molar-refractivity contribution in [2.24, 2.45) is 0 Å². The summed E-state index contributed by atoms with van der Waals surface area (Å²) >= 11 is 6.25. The first-order valence-electron chi connectivity index (χ1n) is 13.4. The number of amides is 1. The number of carboxylic acid groups (broad SMARTS) is 1. The number of nitrogens with one attached hydrogen (secondary N) is 1. The molecule has 2 aliphatic rings. The van der Waals surface area contributed by atoms with Gasteiger partial charge in [0.15, 0.2) is 5.78 Å². The number of methoxy groups -OCH3 is 1. The highest BCUT2D eigenvalue weighted by Gasteiger charge is 2.64. The summed E-state index contributed by atoms with van der Waals surface area (Å²) in [5, 5.41) is 17.2. The van der Waals surface area contributed by atoms with Gasteiger partial charge in [0.1, 0.15) is 11.3 Å². The summed E-state index contributed by atoms with van der Waals surface area (Å²) in [7, 11) is 1.45. The first-order chi connectivity index (χ1) is 20.1. The van der Waals surface area contributed by atoms with Gasteiger partial charge >= 0.3 is 5.97 Å². The zero-order chi connectivity index (χ0) is 29.8. The van der Waals surface area contributed by atoms with Crippen LogP contribution in [0.5, 0.6) is 5.75 Å². The highest BCUT2D eigenvalue weighted by atomic mass is 35.5. The standard InChI is InChI=1S/C31H27ClN4O6/c1-17(37)22-10-5-19(32)13-23(22)24-14-28(38)35(16-27(24)42-2)31(15-25(31)26-11-12-36(34-26)21-8-9-21)30(41)33-20-6-3-18(4-7-20)29(39)40/h3-7,10-14,16,21,25H,8-9,15H2,1-2H3,(H,33,41)(H,39,40)/t25?,31-/m1/s1. The van der Waals surface area contributed by atoms with Crippen molar-refractivity contribution >= 4 is 34.9 Å². The quantitative estimate of drug-likeness (QED) is 0.260. The molecule has 0 aliphatic heterocycles. The molecule has 2 atom stereocenters. The van der Waals surface area contributed by atoms with Crippen molar-refractivity contribution in [1.29, 1.82) is 0 Å². The topological polar surface area (TPSA) is 133 Å². The van der Waals surface area contributed by atoms with Crippen LogP contribution >= 0.6 is 11.6 Å². The normalized spacial score (nSPS) is 19.3.